The van der Waals surface area contributed by atoms with Gasteiger partial charge in [-0.05, 0) is 48.4 Å². The summed E-state index contributed by atoms with van der Waals surface area (Å²) >= 11 is 1.31. The van der Waals surface area contributed by atoms with E-state index < -0.39 is 33.9 Å². The number of unbranched alkanes of at least 4 members (excludes halogenated alkanes) is 1. The number of carboxylic acids is 1. The molecule has 34 heavy (non-hydrogen) atoms. The molecule has 186 valence electrons. The fourth-order valence-corrected chi connectivity index (χ4v) is 6.79. The Morgan fingerprint density at radius 2 is 1.97 bits per heavy atom. The molecule has 0 spiro atoms. The monoisotopic (exact) mass is 511 g/mol. The maximum Gasteiger partial charge on any atom is 0.336 e. The molecule has 1 aliphatic rings. The smallest absolute Gasteiger partial charge is 0.336 e. The number of aliphatic carboxylic acids is 1. The lowest BCUT2D eigenvalue weighted by Crippen LogP contribution is -2.35. The van der Waals surface area contributed by atoms with E-state index in [4.69, 9.17) is 9.84 Å². The molecule has 0 fully saturated rings. The second-order valence-corrected chi connectivity index (χ2v) is 11.7. The van der Waals surface area contributed by atoms with Gasteiger partial charge >= 0.3 is 5.97 Å². The van der Waals surface area contributed by atoms with Crippen molar-refractivity contribution >= 4 is 38.9 Å². The predicted molar refractivity (Wildman–Crippen MR) is 130 cm³/mol. The Kier molecular flexibility index (Phi) is 8.15. The van der Waals surface area contributed by atoms with Crippen LogP contribution in [-0.2, 0) is 14.6 Å². The number of thioether (sulfide) groups is 1. The van der Waals surface area contributed by atoms with Gasteiger partial charge in [0.15, 0.2) is 15.9 Å². The summed E-state index contributed by atoms with van der Waals surface area (Å²) in [6.45, 7) is 3.92. The van der Waals surface area contributed by atoms with Gasteiger partial charge in [-0.2, -0.15) is 0 Å². The third-order valence-corrected chi connectivity index (χ3v) is 8.74. The Hall–Kier alpha value is -2.30. The molecule has 0 saturated heterocycles. The van der Waals surface area contributed by atoms with Gasteiger partial charge in [0.05, 0.1) is 21.2 Å². The third kappa shape index (κ3) is 5.84. The second-order valence-electron chi connectivity index (χ2n) is 8.87. The maximum atomic E-state index is 13.7. The highest BCUT2D eigenvalue weighted by Crippen LogP contribution is 2.46. The van der Waals surface area contributed by atoms with Crippen molar-refractivity contribution in [2.45, 2.75) is 49.0 Å². The molecular formula is C24H30FNO6S2. The summed E-state index contributed by atoms with van der Waals surface area (Å²) in [6.07, 6.45) is 2.56. The number of aliphatic hydroxyl groups is 1. The van der Waals surface area contributed by atoms with Crippen LogP contribution in [-0.4, -0.2) is 55.9 Å². The van der Waals surface area contributed by atoms with Crippen LogP contribution in [0.1, 0.15) is 33.1 Å². The molecule has 1 unspecified atom stereocenters. The summed E-state index contributed by atoms with van der Waals surface area (Å²) in [5.74, 6) is -1.69. The Morgan fingerprint density at radius 3 is 2.56 bits per heavy atom. The molecular weight excluding hydrogens is 481 g/mol. The molecule has 7 nitrogen and oxygen atoms in total. The van der Waals surface area contributed by atoms with Crippen LogP contribution >= 0.6 is 11.8 Å². The van der Waals surface area contributed by atoms with Crippen molar-refractivity contribution in [1.82, 2.24) is 0 Å². The van der Waals surface area contributed by atoms with E-state index in [1.165, 1.54) is 30.0 Å². The number of fused-ring (bicyclic) bond motifs is 1. The van der Waals surface area contributed by atoms with Gasteiger partial charge in [0.2, 0.25) is 0 Å². The second kappa shape index (κ2) is 10.5. The number of sulfone groups is 1. The van der Waals surface area contributed by atoms with E-state index >= 15 is 0 Å². The lowest BCUT2D eigenvalue weighted by Gasteiger charge is -2.34. The molecule has 2 aromatic carbocycles. The molecule has 1 heterocycles. The lowest BCUT2D eigenvalue weighted by atomic mass is 9.86. The minimum absolute atomic E-state index is 0.0645. The Labute approximate surface area is 203 Å². The number of anilines is 2. The van der Waals surface area contributed by atoms with Crippen LogP contribution in [0.5, 0.6) is 5.75 Å². The first-order chi connectivity index (χ1) is 16.0. The third-order valence-electron chi connectivity index (χ3n) is 5.90. The maximum absolute atomic E-state index is 13.7. The van der Waals surface area contributed by atoms with Gasteiger partial charge in [-0.15, -0.1) is 11.8 Å². The number of nitrogens with zero attached hydrogens (tertiary/aromatic N) is 1. The van der Waals surface area contributed by atoms with E-state index in [1.54, 1.807) is 24.5 Å². The molecule has 2 atom stereocenters. The largest absolute Gasteiger partial charge is 0.489 e. The highest BCUT2D eigenvalue weighted by Gasteiger charge is 2.40. The number of rotatable bonds is 9. The summed E-state index contributed by atoms with van der Waals surface area (Å²) in [4.78, 5) is 13.5. The minimum Gasteiger partial charge on any atom is -0.489 e. The quantitative estimate of drug-likeness (QED) is 0.475. The number of aliphatic hydroxyl groups excluding tert-OH is 1. The molecule has 3 rings (SSSR count). The molecule has 2 aromatic rings. The number of hydrogen-bond acceptors (Lipinski definition) is 7. The van der Waals surface area contributed by atoms with Crippen LogP contribution in [0.15, 0.2) is 46.2 Å². The number of carboxylic acid groups (broad SMARTS) is 1. The van der Waals surface area contributed by atoms with Crippen LogP contribution in [0.2, 0.25) is 0 Å². The normalized spacial score (nSPS) is 20.3. The Morgan fingerprint density at radius 1 is 1.29 bits per heavy atom. The molecule has 0 saturated carbocycles. The molecule has 0 bridgehead atoms. The zero-order valence-corrected chi connectivity index (χ0v) is 21.1. The van der Waals surface area contributed by atoms with Crippen LogP contribution in [0.4, 0.5) is 15.8 Å². The standard InChI is InChI=1S/C24H30FNO6S2/c1-4-5-10-24(2)14-26(17-8-6-16(25)7-9-17)18-11-21(33-3)20(32-13-19(27)23(28)29)12-22(18)34(30,31)15-24/h6-9,11-12,19,27H,4-5,10,13-15H2,1-3H3,(H,28,29)/t19?,24-/m0/s1. The molecule has 0 aromatic heterocycles. The van der Waals surface area contributed by atoms with Gasteiger partial charge in [0, 0.05) is 18.3 Å². The predicted octanol–water partition coefficient (Wildman–Crippen LogP) is 4.49. The fourth-order valence-electron chi connectivity index (χ4n) is 4.16. The van der Waals surface area contributed by atoms with Crippen LogP contribution in [0, 0.1) is 11.2 Å². The van der Waals surface area contributed by atoms with Crippen molar-refractivity contribution in [3.8, 4) is 5.75 Å². The first-order valence-electron chi connectivity index (χ1n) is 11.0. The highest BCUT2D eigenvalue weighted by atomic mass is 32.2. The van der Waals surface area contributed by atoms with Crippen molar-refractivity contribution in [3.05, 3.63) is 42.2 Å². The van der Waals surface area contributed by atoms with Crippen LogP contribution in [0.25, 0.3) is 0 Å². The zero-order chi connectivity index (χ0) is 25.1. The number of ether oxygens (including phenoxy) is 1. The summed E-state index contributed by atoms with van der Waals surface area (Å²) in [5.41, 5.74) is 0.578. The molecule has 0 amide bonds. The SMILES string of the molecule is CCCC[C@@]1(C)CN(c2ccc(F)cc2)c2cc(SC)c(OCC(O)C(=O)O)cc2S(=O)(=O)C1. The van der Waals surface area contributed by atoms with Gasteiger partial charge < -0.3 is 19.8 Å². The molecule has 0 radical (unpaired) electrons. The highest BCUT2D eigenvalue weighted by molar-refractivity contribution is 7.98. The Bertz CT molecular complexity index is 1140. The van der Waals surface area contributed by atoms with Crippen molar-refractivity contribution in [1.29, 1.82) is 0 Å². The van der Waals surface area contributed by atoms with Crippen molar-refractivity contribution in [3.63, 3.8) is 0 Å². The summed E-state index contributed by atoms with van der Waals surface area (Å²) in [6, 6.07) is 9.06. The van der Waals surface area contributed by atoms with E-state index in [9.17, 15) is 22.7 Å². The lowest BCUT2D eigenvalue weighted by molar-refractivity contribution is -0.148. The van der Waals surface area contributed by atoms with Gasteiger partial charge in [-0.3, -0.25) is 0 Å². The van der Waals surface area contributed by atoms with E-state index in [0.717, 1.165) is 12.8 Å². The summed E-state index contributed by atoms with van der Waals surface area (Å²) < 4.78 is 46.4. The minimum atomic E-state index is -3.75. The number of halogens is 1. The van der Waals surface area contributed by atoms with E-state index in [2.05, 4.69) is 6.92 Å². The fraction of sp³-hybridized carbons (Fsp3) is 0.458. The first-order valence-corrected chi connectivity index (χ1v) is 13.9. The van der Waals surface area contributed by atoms with Crippen molar-refractivity contribution in [2.75, 3.05) is 30.1 Å². The molecule has 2 N–H and O–H groups in total. The van der Waals surface area contributed by atoms with Crippen LogP contribution in [0.3, 0.4) is 0 Å². The molecule has 10 heteroatoms. The topological polar surface area (TPSA) is 104 Å². The van der Waals surface area contributed by atoms with Gasteiger partial charge in [0.1, 0.15) is 18.2 Å². The van der Waals surface area contributed by atoms with Crippen LogP contribution < -0.4 is 9.64 Å². The number of benzene rings is 2. The summed E-state index contributed by atoms with van der Waals surface area (Å²) in [7, 11) is -3.75. The molecule has 0 aliphatic carbocycles. The van der Waals surface area contributed by atoms with Crippen molar-refractivity contribution < 1.29 is 32.6 Å². The molecule has 1 aliphatic heterocycles. The van der Waals surface area contributed by atoms with Crippen molar-refractivity contribution in [2.24, 2.45) is 5.41 Å². The zero-order valence-electron chi connectivity index (χ0n) is 19.5. The van der Waals surface area contributed by atoms with E-state index in [1.807, 2.05) is 11.8 Å². The number of hydrogen-bond donors (Lipinski definition) is 2. The first kappa shape index (κ1) is 26.3. The Balaban J connectivity index is 2.17. The number of carbonyl (C=O) groups is 1. The average Bonchev–Trinajstić information content (AvgIpc) is 2.87. The summed E-state index contributed by atoms with van der Waals surface area (Å²) in [5, 5.41) is 18.6. The van der Waals surface area contributed by atoms with Gasteiger partial charge in [0.25, 0.3) is 0 Å². The van der Waals surface area contributed by atoms with E-state index in [-0.39, 0.29) is 22.2 Å². The van der Waals surface area contributed by atoms with E-state index in [0.29, 0.717) is 29.2 Å². The average molecular weight is 512 g/mol. The van der Waals surface area contributed by atoms with Gasteiger partial charge in [-0.25, -0.2) is 17.6 Å². The van der Waals surface area contributed by atoms with Gasteiger partial charge in [-0.1, -0.05) is 26.7 Å².